The fourth-order valence-electron chi connectivity index (χ4n) is 4.38. The maximum Gasteiger partial charge on any atom is 0.226 e. The summed E-state index contributed by atoms with van der Waals surface area (Å²) in [5, 5.41) is 22.6. The van der Waals surface area contributed by atoms with Crippen LogP contribution < -0.4 is 21.9 Å². The fourth-order valence-corrected chi connectivity index (χ4v) is 4.38. The minimum atomic E-state index is 0.310. The Labute approximate surface area is 163 Å². The number of aryl methyl sites for hydroxylation is 1. The van der Waals surface area contributed by atoms with Crippen molar-refractivity contribution in [2.45, 2.75) is 57.2 Å². The number of hydrazine groups is 1. The van der Waals surface area contributed by atoms with Gasteiger partial charge in [0.2, 0.25) is 5.95 Å². The van der Waals surface area contributed by atoms with Crippen LogP contribution in [0.25, 0.3) is 0 Å². The van der Waals surface area contributed by atoms with E-state index in [9.17, 15) is 0 Å². The summed E-state index contributed by atoms with van der Waals surface area (Å²) in [7, 11) is 0. The molecule has 1 unspecified atom stereocenters. The number of hydrogen-bond donors (Lipinski definition) is 5. The molecule has 2 saturated heterocycles. The van der Waals surface area contributed by atoms with Crippen molar-refractivity contribution in [3.63, 3.8) is 0 Å². The summed E-state index contributed by atoms with van der Waals surface area (Å²) in [6.45, 7) is 2.81. The maximum absolute atomic E-state index is 8.89. The van der Waals surface area contributed by atoms with E-state index in [1.807, 2.05) is 13.0 Å². The van der Waals surface area contributed by atoms with Crippen LogP contribution in [0.1, 0.15) is 37.8 Å². The van der Waals surface area contributed by atoms with Gasteiger partial charge in [0, 0.05) is 48.9 Å². The lowest BCUT2D eigenvalue weighted by Gasteiger charge is -2.38. The zero-order chi connectivity index (χ0) is 19.5. The van der Waals surface area contributed by atoms with E-state index in [-0.39, 0.29) is 0 Å². The highest BCUT2D eigenvalue weighted by Crippen LogP contribution is 2.36. The second kappa shape index (κ2) is 8.00. The zero-order valence-electron chi connectivity index (χ0n) is 15.9. The van der Waals surface area contributed by atoms with Crippen LogP contribution in [-0.4, -0.2) is 49.7 Å². The number of fused-ring (bicyclic) bond motifs is 2. The normalized spacial score (nSPS) is 24.0. The Kier molecular flexibility index (Phi) is 5.27. The van der Waals surface area contributed by atoms with E-state index in [0.717, 1.165) is 25.1 Å². The fraction of sp³-hybridized carbons (Fsp3) is 0.556. The van der Waals surface area contributed by atoms with Gasteiger partial charge in [-0.05, 0) is 32.6 Å². The van der Waals surface area contributed by atoms with Crippen LogP contribution >= 0.6 is 0 Å². The molecule has 2 fully saturated rings. The van der Waals surface area contributed by atoms with E-state index in [1.54, 1.807) is 6.07 Å². The number of hydrogen-bond acceptors (Lipinski definition) is 9. The lowest BCUT2D eigenvalue weighted by Crippen LogP contribution is -2.47. The van der Waals surface area contributed by atoms with Crippen LogP contribution in [-0.2, 0) is 0 Å². The molecule has 3 atom stereocenters. The van der Waals surface area contributed by atoms with Crippen LogP contribution in [0.15, 0.2) is 12.1 Å². The highest BCUT2D eigenvalue weighted by atomic mass is 15.3. The Hall–Kier alpha value is -2.90. The van der Waals surface area contributed by atoms with Crippen LogP contribution in [0.4, 0.5) is 23.4 Å². The molecule has 0 radical (unpaired) electrons. The molecule has 2 bridgehead atoms. The van der Waals surface area contributed by atoms with Gasteiger partial charge in [-0.15, -0.1) is 0 Å². The SMILES string of the molecule is Cc1cc(Nc2cc(NN)nc(NC3C[C@H]4CC[C@@H](C3)N4CCC#N)n2)n[nH]1. The van der Waals surface area contributed by atoms with Crippen molar-refractivity contribution in [1.29, 1.82) is 5.26 Å². The highest BCUT2D eigenvalue weighted by Gasteiger charge is 2.40. The second-order valence-electron chi connectivity index (χ2n) is 7.51. The number of nitriles is 1. The van der Waals surface area contributed by atoms with Crippen LogP contribution in [0, 0.1) is 18.3 Å². The lowest BCUT2D eigenvalue weighted by atomic mass is 9.97. The topological polar surface area (TPSA) is 144 Å². The van der Waals surface area contributed by atoms with E-state index < -0.39 is 0 Å². The predicted octanol–water partition coefficient (Wildman–Crippen LogP) is 1.86. The first-order valence-electron chi connectivity index (χ1n) is 9.68. The molecule has 0 saturated carbocycles. The van der Waals surface area contributed by atoms with E-state index in [2.05, 4.69) is 47.2 Å². The van der Waals surface area contributed by atoms with Gasteiger partial charge in [-0.2, -0.15) is 20.3 Å². The third-order valence-corrected chi connectivity index (χ3v) is 5.54. The average molecular weight is 382 g/mol. The van der Waals surface area contributed by atoms with Gasteiger partial charge in [0.1, 0.15) is 11.6 Å². The summed E-state index contributed by atoms with van der Waals surface area (Å²) in [6, 6.07) is 7.28. The van der Waals surface area contributed by atoms with E-state index >= 15 is 0 Å². The standard InChI is InChI=1S/C18H26N10/c1-11-7-17(27-26-11)22-15-10-16(25-20)24-18(23-15)21-12-8-13-3-4-14(9-12)28(13)6-2-5-19/h7,10,12-14H,2-4,6,8-9,20H2,1H3,(H4,21,22,23,24,25,26,27)/t12?,13-,14+. The summed E-state index contributed by atoms with van der Waals surface area (Å²) >= 11 is 0. The molecule has 4 rings (SSSR count). The van der Waals surface area contributed by atoms with Crippen LogP contribution in [0.5, 0.6) is 0 Å². The summed E-state index contributed by atoms with van der Waals surface area (Å²) < 4.78 is 0. The average Bonchev–Trinajstić information content (AvgIpc) is 3.19. The zero-order valence-corrected chi connectivity index (χ0v) is 15.9. The molecule has 28 heavy (non-hydrogen) atoms. The highest BCUT2D eigenvalue weighted by molar-refractivity contribution is 5.58. The molecule has 4 heterocycles. The van der Waals surface area contributed by atoms with E-state index in [4.69, 9.17) is 11.1 Å². The minimum Gasteiger partial charge on any atom is -0.351 e. The molecule has 0 amide bonds. The summed E-state index contributed by atoms with van der Waals surface area (Å²) in [5.41, 5.74) is 3.56. The number of rotatable bonds is 7. The Balaban J connectivity index is 1.45. The summed E-state index contributed by atoms with van der Waals surface area (Å²) in [6.07, 6.45) is 5.07. The number of nitrogen functional groups attached to an aromatic ring is 1. The third-order valence-electron chi connectivity index (χ3n) is 5.54. The molecular weight excluding hydrogens is 356 g/mol. The van der Waals surface area contributed by atoms with Crippen molar-refractivity contribution < 1.29 is 0 Å². The quantitative estimate of drug-likeness (QED) is 0.358. The lowest BCUT2D eigenvalue weighted by molar-refractivity contribution is 0.135. The third kappa shape index (κ3) is 4.00. The summed E-state index contributed by atoms with van der Waals surface area (Å²) in [5.74, 6) is 7.96. The van der Waals surface area contributed by atoms with E-state index in [0.29, 0.717) is 47.9 Å². The number of nitrogens with zero attached hydrogens (tertiary/aromatic N) is 5. The smallest absolute Gasteiger partial charge is 0.226 e. The van der Waals surface area contributed by atoms with Gasteiger partial charge >= 0.3 is 0 Å². The number of aromatic amines is 1. The monoisotopic (exact) mass is 382 g/mol. The van der Waals surface area contributed by atoms with Gasteiger partial charge < -0.3 is 16.1 Å². The molecule has 0 aromatic carbocycles. The number of nitrogens with one attached hydrogen (secondary N) is 4. The second-order valence-corrected chi connectivity index (χ2v) is 7.51. The molecule has 2 aromatic heterocycles. The largest absolute Gasteiger partial charge is 0.351 e. The molecule has 2 aromatic rings. The number of piperidine rings is 1. The minimum absolute atomic E-state index is 0.310. The number of H-pyrrole nitrogens is 1. The molecule has 2 aliphatic heterocycles. The van der Waals surface area contributed by atoms with Crippen molar-refractivity contribution in [3.05, 3.63) is 17.8 Å². The summed E-state index contributed by atoms with van der Waals surface area (Å²) in [4.78, 5) is 11.5. The van der Waals surface area contributed by atoms with E-state index in [1.165, 1.54) is 12.8 Å². The molecule has 148 valence electrons. The van der Waals surface area contributed by atoms with Gasteiger partial charge in [-0.25, -0.2) is 5.84 Å². The van der Waals surface area contributed by atoms with Gasteiger partial charge in [-0.1, -0.05) is 0 Å². The van der Waals surface area contributed by atoms with Crippen LogP contribution in [0.3, 0.4) is 0 Å². The Morgan fingerprint density at radius 1 is 1.21 bits per heavy atom. The predicted molar refractivity (Wildman–Crippen MR) is 107 cm³/mol. The molecule has 10 heteroatoms. The van der Waals surface area contributed by atoms with Gasteiger partial charge in [0.15, 0.2) is 5.82 Å². The van der Waals surface area contributed by atoms with Gasteiger partial charge in [0.05, 0.1) is 6.07 Å². The first-order valence-corrected chi connectivity index (χ1v) is 9.68. The molecule has 6 N–H and O–H groups in total. The number of aromatic nitrogens is 4. The van der Waals surface area contributed by atoms with Crippen molar-refractivity contribution in [2.75, 3.05) is 22.6 Å². The molecule has 10 nitrogen and oxygen atoms in total. The molecule has 2 aliphatic rings. The first-order chi connectivity index (χ1) is 13.6. The molecule has 0 aliphatic carbocycles. The van der Waals surface area contributed by atoms with Crippen molar-refractivity contribution in [1.82, 2.24) is 25.1 Å². The van der Waals surface area contributed by atoms with Crippen LogP contribution in [0.2, 0.25) is 0 Å². The van der Waals surface area contributed by atoms with Gasteiger partial charge in [-0.3, -0.25) is 10.00 Å². The Morgan fingerprint density at radius 2 is 1.96 bits per heavy atom. The van der Waals surface area contributed by atoms with Gasteiger partial charge in [0.25, 0.3) is 0 Å². The Morgan fingerprint density at radius 3 is 2.61 bits per heavy atom. The Bertz CT molecular complexity index is 842. The molecular formula is C18H26N10. The first kappa shape index (κ1) is 18.5. The van der Waals surface area contributed by atoms with Crippen molar-refractivity contribution >= 4 is 23.4 Å². The van der Waals surface area contributed by atoms with Crippen molar-refractivity contribution in [2.24, 2.45) is 5.84 Å². The number of nitrogens with two attached hydrogens (primary N) is 1. The number of anilines is 4. The molecule has 0 spiro atoms. The maximum atomic E-state index is 8.89. The van der Waals surface area contributed by atoms with Crippen molar-refractivity contribution in [3.8, 4) is 6.07 Å².